The van der Waals surface area contributed by atoms with Crippen molar-refractivity contribution >= 4 is 27.3 Å². The van der Waals surface area contributed by atoms with Gasteiger partial charge in [0.15, 0.2) is 0 Å². The molecule has 2 N–H and O–H groups in total. The normalized spacial score (nSPS) is 18.5. The highest BCUT2D eigenvalue weighted by molar-refractivity contribution is 9.10. The van der Waals surface area contributed by atoms with Crippen molar-refractivity contribution in [1.29, 1.82) is 0 Å². The minimum absolute atomic E-state index is 0.468. The summed E-state index contributed by atoms with van der Waals surface area (Å²) in [7, 11) is 0. The number of nitrogens with zero attached hydrogens (tertiary/aromatic N) is 1. The lowest BCUT2D eigenvalue weighted by Gasteiger charge is -2.29. The number of halogens is 1. The minimum Gasteiger partial charge on any atom is -0.398 e. The summed E-state index contributed by atoms with van der Waals surface area (Å²) in [5.41, 5.74) is 10.6. The Labute approximate surface area is 128 Å². The second-order valence-corrected chi connectivity index (χ2v) is 6.28. The summed E-state index contributed by atoms with van der Waals surface area (Å²) >= 11 is 3.67. The molecule has 1 aliphatic rings. The molecule has 0 saturated carbocycles. The van der Waals surface area contributed by atoms with Crippen molar-refractivity contribution in [2.75, 3.05) is 17.2 Å². The van der Waals surface area contributed by atoms with Crippen LogP contribution in [0.25, 0.3) is 0 Å². The van der Waals surface area contributed by atoms with Crippen LogP contribution in [0, 0.1) is 6.92 Å². The Morgan fingerprint density at radius 3 is 2.70 bits per heavy atom. The highest BCUT2D eigenvalue weighted by atomic mass is 79.9. The van der Waals surface area contributed by atoms with Gasteiger partial charge in [-0.1, -0.05) is 30.3 Å². The summed E-state index contributed by atoms with van der Waals surface area (Å²) in [6.07, 6.45) is 2.44. The fourth-order valence-electron chi connectivity index (χ4n) is 2.98. The number of rotatable bonds is 2. The fraction of sp³-hybridized carbons (Fsp3) is 0.294. The van der Waals surface area contributed by atoms with Gasteiger partial charge in [-0.3, -0.25) is 0 Å². The van der Waals surface area contributed by atoms with Crippen LogP contribution in [0.2, 0.25) is 0 Å². The molecule has 104 valence electrons. The molecule has 2 aromatic rings. The Morgan fingerprint density at radius 1 is 1.20 bits per heavy atom. The average Bonchev–Trinajstić information content (AvgIpc) is 2.93. The average molecular weight is 331 g/mol. The maximum atomic E-state index is 5.99. The molecule has 20 heavy (non-hydrogen) atoms. The summed E-state index contributed by atoms with van der Waals surface area (Å²) in [6, 6.07) is 15.4. The van der Waals surface area contributed by atoms with Gasteiger partial charge in [-0.25, -0.2) is 0 Å². The van der Waals surface area contributed by atoms with Gasteiger partial charge in [0.2, 0.25) is 0 Å². The molecule has 0 aromatic heterocycles. The standard InChI is InChI=1S/C17H19BrN2/c1-12-10-17(14(18)11-15(12)19)20-9-5-8-16(20)13-6-3-2-4-7-13/h2-4,6-7,10-11,16H,5,8-9,19H2,1H3. The van der Waals surface area contributed by atoms with Crippen molar-refractivity contribution in [2.45, 2.75) is 25.8 Å². The third-order valence-electron chi connectivity index (χ3n) is 4.08. The molecule has 0 bridgehead atoms. The quantitative estimate of drug-likeness (QED) is 0.810. The van der Waals surface area contributed by atoms with Crippen molar-refractivity contribution in [3.63, 3.8) is 0 Å². The summed E-state index contributed by atoms with van der Waals surface area (Å²) in [4.78, 5) is 2.49. The van der Waals surface area contributed by atoms with E-state index >= 15 is 0 Å². The van der Waals surface area contributed by atoms with E-state index < -0.39 is 0 Å². The van der Waals surface area contributed by atoms with E-state index in [-0.39, 0.29) is 0 Å². The van der Waals surface area contributed by atoms with Crippen LogP contribution in [0.4, 0.5) is 11.4 Å². The zero-order chi connectivity index (χ0) is 14.1. The summed E-state index contributed by atoms with van der Waals surface area (Å²) in [5.74, 6) is 0. The number of nitrogen functional groups attached to an aromatic ring is 1. The van der Waals surface area contributed by atoms with E-state index in [1.165, 1.54) is 24.1 Å². The molecule has 3 rings (SSSR count). The molecular formula is C17H19BrN2. The Balaban J connectivity index is 1.99. The van der Waals surface area contributed by atoms with Crippen LogP contribution < -0.4 is 10.6 Å². The largest absolute Gasteiger partial charge is 0.398 e. The zero-order valence-electron chi connectivity index (χ0n) is 11.6. The Hall–Kier alpha value is -1.48. The van der Waals surface area contributed by atoms with Crippen LogP contribution in [-0.4, -0.2) is 6.54 Å². The van der Waals surface area contributed by atoms with Crippen molar-refractivity contribution in [2.24, 2.45) is 0 Å². The van der Waals surface area contributed by atoms with Gasteiger partial charge in [0, 0.05) is 16.7 Å². The number of aryl methyl sites for hydroxylation is 1. The minimum atomic E-state index is 0.468. The predicted octanol–water partition coefficient (Wildman–Crippen LogP) is 4.68. The Morgan fingerprint density at radius 2 is 1.95 bits per heavy atom. The number of nitrogens with two attached hydrogens (primary N) is 1. The first-order valence-corrected chi connectivity index (χ1v) is 7.83. The van der Waals surface area contributed by atoms with Gasteiger partial charge in [0.05, 0.1) is 11.7 Å². The van der Waals surface area contributed by atoms with E-state index in [0.717, 1.165) is 22.3 Å². The molecular weight excluding hydrogens is 312 g/mol. The maximum absolute atomic E-state index is 5.99. The molecule has 3 heteroatoms. The molecule has 0 amide bonds. The molecule has 1 saturated heterocycles. The SMILES string of the molecule is Cc1cc(N2CCCC2c2ccccc2)c(Br)cc1N. The van der Waals surface area contributed by atoms with Crippen LogP contribution in [-0.2, 0) is 0 Å². The third-order valence-corrected chi connectivity index (χ3v) is 4.72. The van der Waals surface area contributed by atoms with Gasteiger partial charge in [-0.15, -0.1) is 0 Å². The molecule has 0 aliphatic carbocycles. The van der Waals surface area contributed by atoms with Gasteiger partial charge in [0.1, 0.15) is 0 Å². The second kappa shape index (κ2) is 5.49. The summed E-state index contributed by atoms with van der Waals surface area (Å²) < 4.78 is 1.09. The highest BCUT2D eigenvalue weighted by Gasteiger charge is 2.27. The first-order valence-electron chi connectivity index (χ1n) is 7.04. The summed E-state index contributed by atoms with van der Waals surface area (Å²) in [6.45, 7) is 3.17. The molecule has 0 radical (unpaired) electrons. The van der Waals surface area contributed by atoms with Crippen LogP contribution in [0.3, 0.4) is 0 Å². The monoisotopic (exact) mass is 330 g/mol. The van der Waals surface area contributed by atoms with E-state index in [9.17, 15) is 0 Å². The molecule has 2 nitrogen and oxygen atoms in total. The fourth-order valence-corrected chi connectivity index (χ4v) is 3.57. The van der Waals surface area contributed by atoms with Crippen LogP contribution in [0.15, 0.2) is 46.9 Å². The van der Waals surface area contributed by atoms with E-state index in [1.54, 1.807) is 0 Å². The molecule has 1 fully saturated rings. The van der Waals surface area contributed by atoms with Gasteiger partial charge < -0.3 is 10.6 Å². The van der Waals surface area contributed by atoms with Gasteiger partial charge in [-0.2, -0.15) is 0 Å². The number of benzene rings is 2. The van der Waals surface area contributed by atoms with E-state index in [2.05, 4.69) is 64.2 Å². The lowest BCUT2D eigenvalue weighted by molar-refractivity contribution is 0.718. The number of hydrogen-bond donors (Lipinski definition) is 1. The van der Waals surface area contributed by atoms with Gasteiger partial charge >= 0.3 is 0 Å². The Kier molecular flexibility index (Phi) is 3.70. The molecule has 1 unspecified atom stereocenters. The van der Waals surface area contributed by atoms with E-state index in [0.29, 0.717) is 6.04 Å². The smallest absolute Gasteiger partial charge is 0.0543 e. The summed E-state index contributed by atoms with van der Waals surface area (Å²) in [5, 5.41) is 0. The molecule has 1 heterocycles. The first kappa shape index (κ1) is 13.5. The number of hydrogen-bond acceptors (Lipinski definition) is 2. The maximum Gasteiger partial charge on any atom is 0.0543 e. The second-order valence-electron chi connectivity index (χ2n) is 5.42. The lowest BCUT2D eigenvalue weighted by atomic mass is 10.0. The lowest BCUT2D eigenvalue weighted by Crippen LogP contribution is -2.23. The van der Waals surface area contributed by atoms with Gasteiger partial charge in [0.25, 0.3) is 0 Å². The number of anilines is 2. The van der Waals surface area contributed by atoms with Gasteiger partial charge in [-0.05, 0) is 59.0 Å². The topological polar surface area (TPSA) is 29.3 Å². The third kappa shape index (κ3) is 2.42. The van der Waals surface area contributed by atoms with Crippen molar-refractivity contribution < 1.29 is 0 Å². The van der Waals surface area contributed by atoms with Crippen LogP contribution >= 0.6 is 15.9 Å². The molecule has 1 aliphatic heterocycles. The van der Waals surface area contributed by atoms with Crippen molar-refractivity contribution in [1.82, 2.24) is 0 Å². The highest BCUT2D eigenvalue weighted by Crippen LogP contribution is 2.40. The van der Waals surface area contributed by atoms with E-state index in [1.807, 2.05) is 6.07 Å². The zero-order valence-corrected chi connectivity index (χ0v) is 13.2. The van der Waals surface area contributed by atoms with E-state index in [4.69, 9.17) is 5.73 Å². The van der Waals surface area contributed by atoms with Crippen molar-refractivity contribution in [3.05, 3.63) is 58.1 Å². The molecule has 1 atom stereocenters. The Bertz CT molecular complexity index is 610. The van der Waals surface area contributed by atoms with Crippen molar-refractivity contribution in [3.8, 4) is 0 Å². The van der Waals surface area contributed by atoms with Crippen LogP contribution in [0.1, 0.15) is 30.0 Å². The first-order chi connectivity index (χ1) is 9.66. The van der Waals surface area contributed by atoms with Crippen LogP contribution in [0.5, 0.6) is 0 Å². The molecule has 2 aromatic carbocycles. The molecule has 0 spiro atoms. The predicted molar refractivity (Wildman–Crippen MR) is 89.1 cm³/mol.